The maximum absolute atomic E-state index is 3.83. The summed E-state index contributed by atoms with van der Waals surface area (Å²) in [6.45, 7) is 12.5. The van der Waals surface area contributed by atoms with Gasteiger partial charge in [0.1, 0.15) is 0 Å². The van der Waals surface area contributed by atoms with Crippen molar-refractivity contribution >= 4 is 17.3 Å². The summed E-state index contributed by atoms with van der Waals surface area (Å²) in [6.07, 6.45) is 11.3. The second-order valence-corrected chi connectivity index (χ2v) is 6.77. The number of allylic oxidation sites excluding steroid dienone is 7. The summed E-state index contributed by atoms with van der Waals surface area (Å²) >= 11 is 1.84. The second kappa shape index (κ2) is 10.8. The van der Waals surface area contributed by atoms with Crippen molar-refractivity contribution in [3.63, 3.8) is 0 Å². The zero-order valence-corrected chi connectivity index (χ0v) is 16.4. The first-order valence-electron chi connectivity index (χ1n) is 8.33. The number of benzene rings is 1. The van der Waals surface area contributed by atoms with Gasteiger partial charge in [-0.25, -0.2) is 0 Å². The van der Waals surface area contributed by atoms with Gasteiger partial charge in [0.25, 0.3) is 0 Å². The van der Waals surface area contributed by atoms with Gasteiger partial charge in [0.2, 0.25) is 0 Å². The molecule has 1 rings (SSSR count). The zero-order chi connectivity index (χ0) is 17.9. The van der Waals surface area contributed by atoms with E-state index in [0.717, 1.165) is 12.0 Å². The predicted octanol–water partition coefficient (Wildman–Crippen LogP) is 7.00. The molecule has 0 aliphatic rings. The Bertz CT molecular complexity index is 644. The molecule has 0 saturated carbocycles. The maximum Gasteiger partial charge on any atom is 0.0746 e. The van der Waals surface area contributed by atoms with Crippen LogP contribution in [-0.4, -0.2) is 11.9 Å². The predicted molar refractivity (Wildman–Crippen MR) is 112 cm³/mol. The minimum absolute atomic E-state index is 1.06. The number of hydrogen-bond donors (Lipinski definition) is 0. The summed E-state index contributed by atoms with van der Waals surface area (Å²) < 4.78 is 0. The summed E-state index contributed by atoms with van der Waals surface area (Å²) in [4.78, 5) is 3.59. The molecule has 0 aliphatic carbocycles. The first-order valence-corrected chi connectivity index (χ1v) is 9.14. The van der Waals surface area contributed by atoms with Gasteiger partial charge < -0.3 is 4.90 Å². The third-order valence-electron chi connectivity index (χ3n) is 3.58. The topological polar surface area (TPSA) is 3.24 Å². The Kier molecular flexibility index (Phi) is 9.03. The average molecular weight is 340 g/mol. The Hall–Kier alpha value is -1.93. The summed E-state index contributed by atoms with van der Waals surface area (Å²) in [6, 6.07) is 10.4. The van der Waals surface area contributed by atoms with Gasteiger partial charge in [-0.3, -0.25) is 0 Å². The monoisotopic (exact) mass is 339 g/mol. The Balaban J connectivity index is 2.95. The van der Waals surface area contributed by atoms with Gasteiger partial charge in [0.15, 0.2) is 0 Å². The number of rotatable bonds is 8. The lowest BCUT2D eigenvalue weighted by atomic mass is 10.1. The highest BCUT2D eigenvalue weighted by atomic mass is 32.2. The highest BCUT2D eigenvalue weighted by molar-refractivity contribution is 8.06. The number of hydrogen-bond acceptors (Lipinski definition) is 2. The molecule has 1 aromatic carbocycles. The zero-order valence-electron chi connectivity index (χ0n) is 15.5. The van der Waals surface area contributed by atoms with Crippen LogP contribution in [0.15, 0.2) is 82.9 Å². The van der Waals surface area contributed by atoms with Crippen molar-refractivity contribution in [3.05, 3.63) is 88.5 Å². The summed E-state index contributed by atoms with van der Waals surface area (Å²) in [7, 11) is 2.09. The first kappa shape index (κ1) is 20.1. The van der Waals surface area contributed by atoms with Crippen LogP contribution in [-0.2, 0) is 0 Å². The van der Waals surface area contributed by atoms with Gasteiger partial charge in [0, 0.05) is 13.2 Å². The normalized spacial score (nSPS) is 12.4. The molecular formula is C22H29NS. The molecule has 0 atom stereocenters. The molecule has 0 aromatic heterocycles. The van der Waals surface area contributed by atoms with Crippen LogP contribution in [0.3, 0.4) is 0 Å². The molecular weight excluding hydrogens is 310 g/mol. The minimum Gasteiger partial charge on any atom is -0.346 e. The van der Waals surface area contributed by atoms with Crippen molar-refractivity contribution in [2.45, 2.75) is 34.1 Å². The fraction of sp³-hybridized carbons (Fsp3) is 0.273. The SMILES string of the molecule is C=C/C=C(\C=C/N(C)/C(=C\C)SC(CC)=C(C)C)c1ccccc1. The standard InChI is InChI=1S/C22H29NS/c1-7-13-19(20-14-11-10-12-15-20)16-17-23(6)22(9-3)24-21(8-2)18(4)5/h7,9-17H,1,8H2,2-6H3/b17-16-,19-13+,22-9+. The molecule has 0 amide bonds. The van der Waals surface area contributed by atoms with E-state index in [4.69, 9.17) is 0 Å². The van der Waals surface area contributed by atoms with Crippen molar-refractivity contribution in [2.75, 3.05) is 7.05 Å². The summed E-state index contributed by atoms with van der Waals surface area (Å²) in [5.41, 5.74) is 3.72. The van der Waals surface area contributed by atoms with Crippen LogP contribution in [0.5, 0.6) is 0 Å². The van der Waals surface area contributed by atoms with Gasteiger partial charge in [-0.15, -0.1) is 0 Å². The fourth-order valence-electron chi connectivity index (χ4n) is 2.26. The van der Waals surface area contributed by atoms with E-state index in [1.807, 2.05) is 30.0 Å². The van der Waals surface area contributed by atoms with Crippen molar-refractivity contribution in [3.8, 4) is 0 Å². The lowest BCUT2D eigenvalue weighted by Crippen LogP contribution is -2.07. The van der Waals surface area contributed by atoms with E-state index in [1.54, 1.807) is 0 Å². The summed E-state index contributed by atoms with van der Waals surface area (Å²) in [5.74, 6) is 0. The van der Waals surface area contributed by atoms with E-state index < -0.39 is 0 Å². The molecule has 24 heavy (non-hydrogen) atoms. The number of nitrogens with zero attached hydrogens (tertiary/aromatic N) is 1. The molecule has 0 heterocycles. The molecule has 0 spiro atoms. The van der Waals surface area contributed by atoms with Crippen LogP contribution < -0.4 is 0 Å². The van der Waals surface area contributed by atoms with Gasteiger partial charge in [-0.2, -0.15) is 0 Å². The highest BCUT2D eigenvalue weighted by Crippen LogP contribution is 2.32. The summed E-state index contributed by atoms with van der Waals surface area (Å²) in [5, 5.41) is 1.23. The lowest BCUT2D eigenvalue weighted by Gasteiger charge is -2.19. The molecule has 1 nitrogen and oxygen atoms in total. The second-order valence-electron chi connectivity index (χ2n) is 5.66. The van der Waals surface area contributed by atoms with E-state index >= 15 is 0 Å². The van der Waals surface area contributed by atoms with Crippen LogP contribution in [0.1, 0.15) is 39.7 Å². The lowest BCUT2D eigenvalue weighted by molar-refractivity contribution is 0.610. The molecule has 0 aliphatic heterocycles. The molecule has 0 fully saturated rings. The Morgan fingerprint density at radius 3 is 2.38 bits per heavy atom. The fourth-order valence-corrected chi connectivity index (χ4v) is 3.18. The third-order valence-corrected chi connectivity index (χ3v) is 5.26. The highest BCUT2D eigenvalue weighted by Gasteiger charge is 2.06. The molecule has 0 saturated heterocycles. The number of thioether (sulfide) groups is 1. The van der Waals surface area contributed by atoms with Gasteiger partial charge in [0.05, 0.1) is 5.03 Å². The maximum atomic E-state index is 3.83. The molecule has 0 radical (unpaired) electrons. The van der Waals surface area contributed by atoms with Crippen LogP contribution >= 0.6 is 11.8 Å². The average Bonchev–Trinajstić information content (AvgIpc) is 2.59. The Labute approximate surface area is 152 Å². The van der Waals surface area contributed by atoms with Gasteiger partial charge >= 0.3 is 0 Å². The van der Waals surface area contributed by atoms with E-state index in [2.05, 4.69) is 88.8 Å². The van der Waals surface area contributed by atoms with E-state index in [1.165, 1.54) is 21.1 Å². The minimum atomic E-state index is 1.06. The molecule has 1 aromatic rings. The Morgan fingerprint density at radius 1 is 1.21 bits per heavy atom. The van der Waals surface area contributed by atoms with Crippen LogP contribution in [0.2, 0.25) is 0 Å². The Morgan fingerprint density at radius 2 is 1.88 bits per heavy atom. The van der Waals surface area contributed by atoms with Gasteiger partial charge in [-0.1, -0.05) is 79.4 Å². The van der Waals surface area contributed by atoms with E-state index in [0.29, 0.717) is 0 Å². The van der Waals surface area contributed by atoms with Crippen molar-refractivity contribution < 1.29 is 0 Å². The quantitative estimate of drug-likeness (QED) is 0.469. The smallest absolute Gasteiger partial charge is 0.0746 e. The van der Waals surface area contributed by atoms with Crippen molar-refractivity contribution in [1.82, 2.24) is 4.90 Å². The molecule has 0 bridgehead atoms. The van der Waals surface area contributed by atoms with E-state index in [9.17, 15) is 0 Å². The van der Waals surface area contributed by atoms with Crippen LogP contribution in [0.4, 0.5) is 0 Å². The molecule has 0 unspecified atom stereocenters. The van der Waals surface area contributed by atoms with Gasteiger partial charge in [-0.05, 0) is 49.3 Å². The van der Waals surface area contributed by atoms with Crippen LogP contribution in [0.25, 0.3) is 5.57 Å². The molecule has 128 valence electrons. The van der Waals surface area contributed by atoms with E-state index in [-0.39, 0.29) is 0 Å². The molecule has 0 N–H and O–H groups in total. The third kappa shape index (κ3) is 6.29. The first-order chi connectivity index (χ1) is 11.5. The largest absolute Gasteiger partial charge is 0.346 e. The van der Waals surface area contributed by atoms with Crippen LogP contribution in [0, 0.1) is 0 Å². The van der Waals surface area contributed by atoms with Crippen molar-refractivity contribution in [2.24, 2.45) is 0 Å². The molecule has 2 heteroatoms. The van der Waals surface area contributed by atoms with Crippen molar-refractivity contribution in [1.29, 1.82) is 0 Å².